The topological polar surface area (TPSA) is 114 Å². The Morgan fingerprint density at radius 1 is 1.33 bits per heavy atom. The van der Waals surface area contributed by atoms with E-state index < -0.39 is 22.2 Å². The van der Waals surface area contributed by atoms with E-state index in [9.17, 15) is 18.3 Å². The highest BCUT2D eigenvalue weighted by Crippen LogP contribution is 2.29. The van der Waals surface area contributed by atoms with Crippen molar-refractivity contribution in [1.29, 1.82) is 0 Å². The number of benzene rings is 1. The van der Waals surface area contributed by atoms with E-state index in [0.29, 0.717) is 12.2 Å². The Balaban J connectivity index is 2.04. The smallest absolute Gasteiger partial charge is 0.286 e. The third-order valence-corrected chi connectivity index (χ3v) is 7.12. The lowest BCUT2D eigenvalue weighted by atomic mass is 9.90. The summed E-state index contributed by atoms with van der Waals surface area (Å²) in [5, 5.41) is 12.0. The minimum Gasteiger partial charge on any atom is -0.497 e. The van der Waals surface area contributed by atoms with Crippen LogP contribution in [0, 0.1) is 24.2 Å². The monoisotopic (exact) mass is 480 g/mol. The van der Waals surface area contributed by atoms with Gasteiger partial charge in [-0.15, -0.1) is 6.42 Å². The average molecular weight is 481 g/mol. The Kier molecular flexibility index (Phi) is 10.2. The number of rotatable bonds is 12. The van der Waals surface area contributed by atoms with Gasteiger partial charge in [-0.3, -0.25) is 4.79 Å². The molecule has 0 bridgehead atoms. The van der Waals surface area contributed by atoms with E-state index in [1.165, 1.54) is 19.2 Å². The van der Waals surface area contributed by atoms with E-state index in [1.54, 1.807) is 18.2 Å². The van der Waals surface area contributed by atoms with Gasteiger partial charge in [0, 0.05) is 19.5 Å². The van der Waals surface area contributed by atoms with Crippen LogP contribution in [0.3, 0.4) is 0 Å². The van der Waals surface area contributed by atoms with Crippen LogP contribution in [0.25, 0.3) is 0 Å². The minimum absolute atomic E-state index is 0.00344. The molecule has 9 nitrogen and oxygen atoms in total. The van der Waals surface area contributed by atoms with Gasteiger partial charge in [0.05, 0.1) is 31.8 Å². The van der Waals surface area contributed by atoms with E-state index in [-0.39, 0.29) is 55.3 Å². The number of carbonyl (C=O) groups excluding carboxylic acids is 1. The number of nitrogens with one attached hydrogen (secondary N) is 1. The van der Waals surface area contributed by atoms with Crippen LogP contribution < -0.4 is 10.1 Å². The second-order valence-corrected chi connectivity index (χ2v) is 9.72. The Morgan fingerprint density at radius 3 is 2.61 bits per heavy atom. The van der Waals surface area contributed by atoms with Crippen molar-refractivity contribution in [2.24, 2.45) is 11.8 Å². The summed E-state index contributed by atoms with van der Waals surface area (Å²) in [6.07, 6.45) is 6.77. The van der Waals surface area contributed by atoms with Crippen molar-refractivity contribution in [3.63, 3.8) is 0 Å². The number of allylic oxidation sites excluding steroid dienone is 1. The molecule has 1 heterocycles. The lowest BCUT2D eigenvalue weighted by Crippen LogP contribution is -2.38. The molecule has 0 unspecified atom stereocenters. The highest BCUT2D eigenvalue weighted by atomic mass is 32.2. The van der Waals surface area contributed by atoms with E-state index >= 15 is 0 Å². The van der Waals surface area contributed by atoms with E-state index in [4.69, 9.17) is 20.6 Å². The second-order valence-electron chi connectivity index (χ2n) is 7.78. The molecule has 2 rings (SSSR count). The SMILES string of the molecule is C#CCNC(=O)C1=C[C@H](C(C)C)C[C@H](OCCN(CCO)S(=O)(=O)c2ccc(OC)cc2)O1. The molecule has 0 spiro atoms. The van der Waals surface area contributed by atoms with Gasteiger partial charge in [-0.25, -0.2) is 8.42 Å². The van der Waals surface area contributed by atoms with Gasteiger partial charge in [-0.05, 0) is 42.2 Å². The van der Waals surface area contributed by atoms with Crippen LogP contribution in [0.15, 0.2) is 41.0 Å². The Morgan fingerprint density at radius 2 is 2.03 bits per heavy atom. The van der Waals surface area contributed by atoms with Gasteiger partial charge in [0.25, 0.3) is 5.91 Å². The first-order valence-corrected chi connectivity index (χ1v) is 12.1. The lowest BCUT2D eigenvalue weighted by Gasteiger charge is -2.31. The Labute approximate surface area is 195 Å². The zero-order chi connectivity index (χ0) is 24.4. The average Bonchev–Trinajstić information content (AvgIpc) is 2.81. The molecule has 1 aliphatic heterocycles. The van der Waals surface area contributed by atoms with Gasteiger partial charge >= 0.3 is 0 Å². The summed E-state index contributed by atoms with van der Waals surface area (Å²) in [5.74, 6) is 2.89. The predicted molar refractivity (Wildman–Crippen MR) is 123 cm³/mol. The molecule has 1 aromatic rings. The van der Waals surface area contributed by atoms with Gasteiger partial charge in [0.15, 0.2) is 5.76 Å². The fourth-order valence-corrected chi connectivity index (χ4v) is 4.69. The Bertz CT molecular complexity index is 952. The molecule has 1 amide bonds. The summed E-state index contributed by atoms with van der Waals surface area (Å²) in [6.45, 7) is 3.74. The van der Waals surface area contributed by atoms with Crippen molar-refractivity contribution < 1.29 is 32.5 Å². The van der Waals surface area contributed by atoms with Crippen molar-refractivity contribution in [2.75, 3.05) is 40.0 Å². The summed E-state index contributed by atoms with van der Waals surface area (Å²) in [5.41, 5.74) is 0. The van der Waals surface area contributed by atoms with Crippen molar-refractivity contribution in [3.05, 3.63) is 36.1 Å². The number of aliphatic hydroxyl groups excluding tert-OH is 1. The molecule has 182 valence electrons. The number of nitrogens with zero attached hydrogens (tertiary/aromatic N) is 1. The van der Waals surface area contributed by atoms with Crippen LogP contribution in [-0.2, 0) is 24.3 Å². The number of terminal acetylenes is 1. The zero-order valence-corrected chi connectivity index (χ0v) is 20.0. The van der Waals surface area contributed by atoms with Gasteiger partial charge in [-0.1, -0.05) is 19.8 Å². The van der Waals surface area contributed by atoms with E-state index in [0.717, 1.165) is 4.31 Å². The first-order chi connectivity index (χ1) is 15.7. The molecule has 1 aromatic carbocycles. The van der Waals surface area contributed by atoms with Crippen LogP contribution in [0.2, 0.25) is 0 Å². The Hall–Kier alpha value is -2.58. The number of hydrogen-bond donors (Lipinski definition) is 2. The quantitative estimate of drug-likeness (QED) is 0.434. The molecule has 0 saturated carbocycles. The molecule has 2 atom stereocenters. The van der Waals surface area contributed by atoms with E-state index in [1.807, 2.05) is 13.8 Å². The molecule has 0 fully saturated rings. The molecule has 0 aliphatic carbocycles. The molecule has 33 heavy (non-hydrogen) atoms. The van der Waals surface area contributed by atoms with Crippen molar-refractivity contribution in [1.82, 2.24) is 9.62 Å². The number of sulfonamides is 1. The summed E-state index contributed by atoms with van der Waals surface area (Å²) in [4.78, 5) is 12.4. The fourth-order valence-electron chi connectivity index (χ4n) is 3.27. The number of aliphatic hydroxyl groups is 1. The molecule has 2 N–H and O–H groups in total. The third-order valence-electron chi connectivity index (χ3n) is 5.21. The molecule has 1 aliphatic rings. The van der Waals surface area contributed by atoms with Crippen molar-refractivity contribution >= 4 is 15.9 Å². The lowest BCUT2D eigenvalue weighted by molar-refractivity contribution is -0.150. The first-order valence-electron chi connectivity index (χ1n) is 10.7. The predicted octanol–water partition coefficient (Wildman–Crippen LogP) is 1.35. The van der Waals surface area contributed by atoms with Gasteiger partial charge < -0.3 is 24.6 Å². The summed E-state index contributed by atoms with van der Waals surface area (Å²) < 4.78 is 43.7. The largest absolute Gasteiger partial charge is 0.497 e. The van der Waals surface area contributed by atoms with Crippen molar-refractivity contribution in [3.8, 4) is 18.1 Å². The molecule has 0 saturated heterocycles. The standard InChI is InChI=1S/C23H32N2O7S/c1-5-10-24-23(27)21-15-18(17(2)3)16-22(32-21)31-14-12-25(11-13-26)33(28,29)20-8-6-19(30-4)7-9-20/h1,6-9,15,17-18,22,26H,10-14,16H2,2-4H3,(H,24,27)/t18-,22+/m0/s1. The van der Waals surface area contributed by atoms with Crippen LogP contribution in [0.1, 0.15) is 20.3 Å². The van der Waals surface area contributed by atoms with Crippen LogP contribution in [0.4, 0.5) is 0 Å². The number of hydrogen-bond acceptors (Lipinski definition) is 7. The molecule has 10 heteroatoms. The molecular weight excluding hydrogens is 448 g/mol. The molecule has 0 radical (unpaired) electrons. The van der Waals surface area contributed by atoms with Gasteiger partial charge in [-0.2, -0.15) is 4.31 Å². The van der Waals surface area contributed by atoms with Crippen LogP contribution in [0.5, 0.6) is 5.75 Å². The highest BCUT2D eigenvalue weighted by Gasteiger charge is 2.30. The molecular formula is C23H32N2O7S. The maximum atomic E-state index is 13.0. The maximum absolute atomic E-state index is 13.0. The number of amides is 1. The second kappa shape index (κ2) is 12.6. The highest BCUT2D eigenvalue weighted by molar-refractivity contribution is 7.89. The van der Waals surface area contributed by atoms with Gasteiger partial charge in [0.1, 0.15) is 5.75 Å². The molecule has 0 aromatic heterocycles. The van der Waals surface area contributed by atoms with Crippen LogP contribution >= 0.6 is 0 Å². The number of ether oxygens (including phenoxy) is 3. The first kappa shape index (κ1) is 26.7. The number of carbonyl (C=O) groups is 1. The zero-order valence-electron chi connectivity index (χ0n) is 19.2. The third kappa shape index (κ3) is 7.47. The normalized spacial score (nSPS) is 18.4. The minimum atomic E-state index is -3.85. The van der Waals surface area contributed by atoms with Crippen LogP contribution in [-0.4, -0.2) is 70.0 Å². The summed E-state index contributed by atoms with van der Waals surface area (Å²) in [6, 6.07) is 6.01. The van der Waals surface area contributed by atoms with E-state index in [2.05, 4.69) is 11.2 Å². The summed E-state index contributed by atoms with van der Waals surface area (Å²) in [7, 11) is -2.35. The summed E-state index contributed by atoms with van der Waals surface area (Å²) >= 11 is 0. The maximum Gasteiger partial charge on any atom is 0.286 e. The van der Waals surface area contributed by atoms with Gasteiger partial charge in [0.2, 0.25) is 16.3 Å². The number of methoxy groups -OCH3 is 1. The fraction of sp³-hybridized carbons (Fsp3) is 0.522. The van der Waals surface area contributed by atoms with Crippen molar-refractivity contribution in [2.45, 2.75) is 31.5 Å².